The zero-order chi connectivity index (χ0) is 12.9. The molecule has 0 aliphatic carbocycles. The number of rotatable bonds is 12. The van der Waals surface area contributed by atoms with Crippen molar-refractivity contribution in [2.45, 2.75) is 10.5 Å². The van der Waals surface area contributed by atoms with Gasteiger partial charge in [-0.05, 0) is 5.75 Å². The molecule has 2 nitrogen and oxygen atoms in total. The monoisotopic (exact) mass is 334 g/mol. The van der Waals surface area contributed by atoms with Crippen molar-refractivity contribution in [1.29, 1.82) is 0 Å². The first-order chi connectivity index (χ1) is 8.28. The average molecular weight is 335 g/mol. The van der Waals surface area contributed by atoms with Gasteiger partial charge in [0, 0.05) is 39.3 Å². The number of aliphatic hydroxyl groups excluding tert-OH is 2. The largest absolute Gasteiger partial charge is 0.396 e. The minimum absolute atomic E-state index is 0.180. The molecule has 0 radical (unpaired) electrons. The average Bonchev–Trinajstić information content (AvgIpc) is 2.36. The maximum absolute atomic E-state index is 9.20. The molecule has 0 rings (SSSR count). The highest BCUT2D eigenvalue weighted by atomic mass is 32.2. The molecule has 2 unspecified atom stereocenters. The Bertz CT molecular complexity index is 162. The highest BCUT2D eigenvalue weighted by Crippen LogP contribution is 2.23. The molecule has 0 aromatic rings. The summed E-state index contributed by atoms with van der Waals surface area (Å²) in [6.07, 6.45) is 0. The number of thiol groups is 2. The fraction of sp³-hybridized carbons (Fsp3) is 1.00. The third-order valence-electron chi connectivity index (χ3n) is 1.91. The van der Waals surface area contributed by atoms with E-state index < -0.39 is 0 Å². The predicted octanol–water partition coefficient (Wildman–Crippen LogP) is 1.77. The molecule has 0 saturated carbocycles. The van der Waals surface area contributed by atoms with Crippen LogP contribution in [0.15, 0.2) is 0 Å². The van der Waals surface area contributed by atoms with Crippen molar-refractivity contribution in [1.82, 2.24) is 0 Å². The van der Waals surface area contributed by atoms with Gasteiger partial charge in [0.05, 0.1) is 13.2 Å². The fourth-order valence-corrected chi connectivity index (χ4v) is 5.27. The van der Waals surface area contributed by atoms with Crippen LogP contribution in [0.5, 0.6) is 0 Å². The van der Waals surface area contributed by atoms with Crippen LogP contribution in [0.3, 0.4) is 0 Å². The molecular weight excluding hydrogens is 312 g/mol. The second-order valence-corrected chi connectivity index (χ2v) is 8.04. The first-order valence-electron chi connectivity index (χ1n) is 5.52. The van der Waals surface area contributed by atoms with Gasteiger partial charge in [0.1, 0.15) is 0 Å². The summed E-state index contributed by atoms with van der Waals surface area (Å²) in [6.45, 7) is 0.361. The van der Waals surface area contributed by atoms with E-state index in [0.717, 1.165) is 28.8 Å². The third kappa shape index (κ3) is 11.2. The molecule has 0 amide bonds. The molecule has 0 spiro atoms. The maximum Gasteiger partial charge on any atom is 0.0558 e. The van der Waals surface area contributed by atoms with Crippen LogP contribution >= 0.6 is 60.5 Å². The normalized spacial score (nSPS) is 14.8. The van der Waals surface area contributed by atoms with Crippen LogP contribution in [0, 0.1) is 0 Å². The van der Waals surface area contributed by atoms with E-state index in [1.165, 1.54) is 0 Å². The van der Waals surface area contributed by atoms with Crippen molar-refractivity contribution in [2.24, 2.45) is 0 Å². The fourth-order valence-electron chi connectivity index (χ4n) is 1.05. The van der Waals surface area contributed by atoms with E-state index in [1.807, 2.05) is 23.5 Å². The Morgan fingerprint density at radius 3 is 2.24 bits per heavy atom. The molecule has 104 valence electrons. The van der Waals surface area contributed by atoms with Crippen LogP contribution in [-0.2, 0) is 0 Å². The molecular formula is C10H22O2S5. The Balaban J connectivity index is 3.69. The second kappa shape index (κ2) is 14.1. The minimum Gasteiger partial charge on any atom is -0.396 e. The Morgan fingerprint density at radius 1 is 0.941 bits per heavy atom. The summed E-state index contributed by atoms with van der Waals surface area (Å²) in [5.74, 6) is 5.58. The molecule has 7 heteroatoms. The molecule has 0 heterocycles. The standard InChI is InChI=1S/C10H22O2S5/c11-1-3-16-9(5-12)8-17-10(6-14)7-15-4-2-13/h9-14H,1-8H2. The molecule has 2 atom stereocenters. The Hall–Kier alpha value is 1.67. The first kappa shape index (κ1) is 18.7. The van der Waals surface area contributed by atoms with Crippen molar-refractivity contribution in [2.75, 3.05) is 47.7 Å². The maximum atomic E-state index is 9.20. The molecule has 0 aromatic carbocycles. The highest BCUT2D eigenvalue weighted by molar-refractivity contribution is 8.05. The minimum atomic E-state index is 0.180. The van der Waals surface area contributed by atoms with Crippen LogP contribution in [0.2, 0.25) is 0 Å². The van der Waals surface area contributed by atoms with Crippen LogP contribution < -0.4 is 0 Å². The molecule has 0 aromatic heterocycles. The number of aliphatic hydroxyl groups is 2. The van der Waals surface area contributed by atoms with Crippen molar-refractivity contribution in [3.05, 3.63) is 0 Å². The van der Waals surface area contributed by atoms with Crippen LogP contribution in [0.25, 0.3) is 0 Å². The van der Waals surface area contributed by atoms with Gasteiger partial charge in [0.2, 0.25) is 0 Å². The van der Waals surface area contributed by atoms with Crippen LogP contribution in [0.1, 0.15) is 0 Å². The molecule has 0 aliphatic rings. The zero-order valence-corrected chi connectivity index (χ0v) is 14.1. The lowest BCUT2D eigenvalue weighted by atomic mass is 10.5. The summed E-state index contributed by atoms with van der Waals surface area (Å²) in [7, 11) is 0. The summed E-state index contributed by atoms with van der Waals surface area (Å²) in [5, 5.41) is 18.7. The van der Waals surface area contributed by atoms with E-state index in [-0.39, 0.29) is 18.5 Å². The topological polar surface area (TPSA) is 40.5 Å². The van der Waals surface area contributed by atoms with Gasteiger partial charge in [-0.15, -0.1) is 0 Å². The highest BCUT2D eigenvalue weighted by Gasteiger charge is 2.13. The van der Waals surface area contributed by atoms with Crippen LogP contribution in [-0.4, -0.2) is 68.4 Å². The molecule has 0 aliphatic heterocycles. The van der Waals surface area contributed by atoms with E-state index in [4.69, 9.17) is 5.11 Å². The van der Waals surface area contributed by atoms with Gasteiger partial charge in [-0.1, -0.05) is 0 Å². The van der Waals surface area contributed by atoms with Crippen molar-refractivity contribution in [3.63, 3.8) is 0 Å². The SMILES string of the molecule is OCCSC(CO)CSC(CS)CSCCS. The van der Waals surface area contributed by atoms with Crippen molar-refractivity contribution < 1.29 is 10.2 Å². The lowest BCUT2D eigenvalue weighted by Gasteiger charge is -2.18. The molecule has 0 fully saturated rings. The third-order valence-corrected chi connectivity index (χ3v) is 7.28. The Labute approximate surface area is 128 Å². The van der Waals surface area contributed by atoms with Gasteiger partial charge in [0.25, 0.3) is 0 Å². The summed E-state index contributed by atoms with van der Waals surface area (Å²) >= 11 is 14.0. The van der Waals surface area contributed by atoms with E-state index in [1.54, 1.807) is 11.8 Å². The van der Waals surface area contributed by atoms with Gasteiger partial charge >= 0.3 is 0 Å². The summed E-state index contributed by atoms with van der Waals surface area (Å²) in [4.78, 5) is 0. The molecule has 0 bridgehead atoms. The van der Waals surface area contributed by atoms with Gasteiger partial charge in [-0.25, -0.2) is 0 Å². The van der Waals surface area contributed by atoms with Gasteiger partial charge in [-0.2, -0.15) is 60.5 Å². The number of hydrogen-bond donors (Lipinski definition) is 4. The van der Waals surface area contributed by atoms with Gasteiger partial charge < -0.3 is 10.2 Å². The molecule has 17 heavy (non-hydrogen) atoms. The quantitative estimate of drug-likeness (QED) is 0.323. The van der Waals surface area contributed by atoms with Gasteiger partial charge in [0.15, 0.2) is 0 Å². The summed E-state index contributed by atoms with van der Waals surface area (Å²) < 4.78 is 0. The molecule has 2 N–H and O–H groups in total. The zero-order valence-electron chi connectivity index (χ0n) is 9.83. The van der Waals surface area contributed by atoms with Crippen molar-refractivity contribution in [3.8, 4) is 0 Å². The smallest absolute Gasteiger partial charge is 0.0558 e. The van der Waals surface area contributed by atoms with E-state index in [9.17, 15) is 5.11 Å². The van der Waals surface area contributed by atoms with E-state index >= 15 is 0 Å². The summed E-state index contributed by atoms with van der Waals surface area (Å²) in [6, 6.07) is 0. The van der Waals surface area contributed by atoms with E-state index in [0.29, 0.717) is 11.0 Å². The second-order valence-electron chi connectivity index (χ2n) is 3.34. The Kier molecular flexibility index (Phi) is 15.5. The lowest BCUT2D eigenvalue weighted by molar-refractivity contribution is 0.299. The number of thioether (sulfide) groups is 3. The number of hydrogen-bond acceptors (Lipinski definition) is 7. The predicted molar refractivity (Wildman–Crippen MR) is 91.7 cm³/mol. The Morgan fingerprint density at radius 2 is 1.71 bits per heavy atom. The molecule has 0 saturated heterocycles. The summed E-state index contributed by atoms with van der Waals surface area (Å²) in [5.41, 5.74) is 0. The van der Waals surface area contributed by atoms with Gasteiger partial charge in [-0.3, -0.25) is 0 Å². The van der Waals surface area contributed by atoms with Crippen LogP contribution in [0.4, 0.5) is 0 Å². The van der Waals surface area contributed by atoms with Crippen molar-refractivity contribution >= 4 is 60.5 Å². The van der Waals surface area contributed by atoms with E-state index in [2.05, 4.69) is 25.3 Å². The lowest BCUT2D eigenvalue weighted by Crippen LogP contribution is -2.18. The first-order valence-corrected chi connectivity index (χ1v) is 10.0.